The Hall–Kier alpha value is -3.61. The number of hydrogen-bond donors (Lipinski definition) is 3. The van der Waals surface area contributed by atoms with Gasteiger partial charge in [0.25, 0.3) is 5.91 Å². The number of pyridine rings is 1. The Morgan fingerprint density at radius 2 is 2.00 bits per heavy atom. The molecule has 0 fully saturated rings. The number of aryl methyl sites for hydroxylation is 1. The third-order valence-electron chi connectivity index (χ3n) is 3.67. The first-order valence-electron chi connectivity index (χ1n) is 8.23. The molecule has 0 aliphatic carbocycles. The molecule has 7 heteroatoms. The molecule has 2 aromatic carbocycles. The van der Waals surface area contributed by atoms with Gasteiger partial charge in [-0.2, -0.15) is 0 Å². The van der Waals surface area contributed by atoms with Gasteiger partial charge in [0.1, 0.15) is 18.0 Å². The first-order chi connectivity index (χ1) is 12.8. The van der Waals surface area contributed by atoms with E-state index in [0.29, 0.717) is 34.0 Å². The Bertz CT molecular complexity index is 1050. The summed E-state index contributed by atoms with van der Waals surface area (Å²) in [7, 11) is 0. The Labute approximate surface area is 150 Å². The monoisotopic (exact) mass is 353 g/mol. The molecule has 1 heterocycles. The summed E-state index contributed by atoms with van der Waals surface area (Å²) in [5, 5.41) is 22.2. The molecule has 132 valence electrons. The number of aromatic nitrogens is 1. The van der Waals surface area contributed by atoms with Crippen molar-refractivity contribution in [3.8, 4) is 17.2 Å². The lowest BCUT2D eigenvalue weighted by atomic mass is 10.1. The van der Waals surface area contributed by atoms with Crippen molar-refractivity contribution in [2.45, 2.75) is 6.92 Å². The minimum absolute atomic E-state index is 0.239. The molecule has 0 unspecified atom stereocenters. The number of fused-ring (bicyclic) bond motifs is 1. The molecular weight excluding hydrogens is 336 g/mol. The summed E-state index contributed by atoms with van der Waals surface area (Å²) in [5.74, 6) is -1.31. The number of aliphatic carboxylic acids is 1. The predicted molar refractivity (Wildman–Crippen MR) is 94.6 cm³/mol. The van der Waals surface area contributed by atoms with Crippen molar-refractivity contribution in [3.63, 3.8) is 0 Å². The van der Waals surface area contributed by atoms with Crippen LogP contribution in [0.25, 0.3) is 10.8 Å². The van der Waals surface area contributed by atoms with E-state index in [0.717, 1.165) is 0 Å². The lowest BCUT2D eigenvalue weighted by molar-refractivity contribution is -0.135. The number of aromatic hydroxyl groups is 1. The molecule has 3 N–H and O–H groups in total. The van der Waals surface area contributed by atoms with Gasteiger partial charge in [0.05, 0.1) is 1.37 Å². The molecule has 0 spiro atoms. The molecule has 7 nitrogen and oxygen atoms in total. The molecule has 0 aliphatic rings. The van der Waals surface area contributed by atoms with Crippen LogP contribution >= 0.6 is 0 Å². The van der Waals surface area contributed by atoms with Crippen LogP contribution in [0.4, 0.5) is 0 Å². The SMILES string of the molecule is [2H]c1cccc(Oc2ccc3c(O)c(C(=O)NCC(=O)O)nc(C)c3c2)c1. The number of ether oxygens (including phenoxy) is 1. The van der Waals surface area contributed by atoms with Gasteiger partial charge in [-0.05, 0) is 37.3 Å². The summed E-state index contributed by atoms with van der Waals surface area (Å²) in [5.41, 5.74) is 0.236. The van der Waals surface area contributed by atoms with Crippen LogP contribution in [0, 0.1) is 6.92 Å². The average Bonchev–Trinajstić information content (AvgIpc) is 2.62. The van der Waals surface area contributed by atoms with Crippen LogP contribution in [0.15, 0.2) is 48.5 Å². The number of carboxylic acids is 1. The molecule has 3 aromatic rings. The zero-order chi connectivity index (χ0) is 19.6. The number of para-hydroxylation sites is 1. The van der Waals surface area contributed by atoms with E-state index in [9.17, 15) is 14.7 Å². The molecule has 1 aromatic heterocycles. The quantitative estimate of drug-likeness (QED) is 0.651. The third-order valence-corrected chi connectivity index (χ3v) is 3.67. The molecule has 26 heavy (non-hydrogen) atoms. The number of nitrogens with zero attached hydrogens (tertiary/aromatic N) is 1. The molecule has 0 saturated heterocycles. The molecule has 0 saturated carbocycles. The lowest BCUT2D eigenvalue weighted by Crippen LogP contribution is -2.30. The molecule has 3 rings (SSSR count). The van der Waals surface area contributed by atoms with E-state index in [4.69, 9.17) is 11.2 Å². The van der Waals surface area contributed by atoms with Gasteiger partial charge in [0.2, 0.25) is 0 Å². The molecule has 0 bridgehead atoms. The van der Waals surface area contributed by atoms with Crippen LogP contribution in [-0.4, -0.2) is 33.6 Å². The third kappa shape index (κ3) is 3.56. The van der Waals surface area contributed by atoms with E-state index in [-0.39, 0.29) is 11.4 Å². The van der Waals surface area contributed by atoms with E-state index in [1.807, 2.05) is 0 Å². The molecule has 1 amide bonds. The van der Waals surface area contributed by atoms with Crippen molar-refractivity contribution in [2.24, 2.45) is 0 Å². The van der Waals surface area contributed by atoms with Crippen LogP contribution in [0.1, 0.15) is 17.6 Å². The highest BCUT2D eigenvalue weighted by atomic mass is 16.5. The summed E-state index contributed by atoms with van der Waals surface area (Å²) in [6.45, 7) is 1.10. The minimum Gasteiger partial charge on any atom is -0.505 e. The van der Waals surface area contributed by atoms with Gasteiger partial charge in [0, 0.05) is 16.5 Å². The second-order valence-electron chi connectivity index (χ2n) is 5.52. The second-order valence-corrected chi connectivity index (χ2v) is 5.52. The zero-order valence-corrected chi connectivity index (χ0v) is 13.8. The number of amides is 1. The van der Waals surface area contributed by atoms with Crippen molar-refractivity contribution in [3.05, 3.63) is 59.9 Å². The zero-order valence-electron chi connectivity index (χ0n) is 14.8. The highest BCUT2D eigenvalue weighted by molar-refractivity contribution is 6.03. The largest absolute Gasteiger partial charge is 0.505 e. The minimum atomic E-state index is -1.20. The Morgan fingerprint density at radius 3 is 2.73 bits per heavy atom. The fraction of sp³-hybridized carbons (Fsp3) is 0.105. The van der Waals surface area contributed by atoms with Crippen LogP contribution in [0.2, 0.25) is 0 Å². The number of nitrogens with one attached hydrogen (secondary N) is 1. The number of carboxylic acid groups (broad SMARTS) is 1. The van der Waals surface area contributed by atoms with Crippen molar-refractivity contribution >= 4 is 22.6 Å². The number of rotatable bonds is 5. The smallest absolute Gasteiger partial charge is 0.322 e. The molecule has 0 atom stereocenters. The van der Waals surface area contributed by atoms with Gasteiger partial charge in [-0.15, -0.1) is 0 Å². The van der Waals surface area contributed by atoms with Crippen molar-refractivity contribution in [2.75, 3.05) is 6.54 Å². The summed E-state index contributed by atoms with van der Waals surface area (Å²) < 4.78 is 13.4. The molecule has 0 aliphatic heterocycles. The fourth-order valence-electron chi connectivity index (χ4n) is 2.48. The van der Waals surface area contributed by atoms with Gasteiger partial charge in [-0.1, -0.05) is 18.2 Å². The summed E-state index contributed by atoms with van der Waals surface area (Å²) in [6, 6.07) is 11.8. The van der Waals surface area contributed by atoms with Crippen molar-refractivity contribution in [1.29, 1.82) is 0 Å². The predicted octanol–water partition coefficient (Wildman–Crippen LogP) is 2.86. The lowest BCUT2D eigenvalue weighted by Gasteiger charge is -2.12. The van der Waals surface area contributed by atoms with Crippen molar-refractivity contribution in [1.82, 2.24) is 10.3 Å². The first kappa shape index (κ1) is 15.9. The Morgan fingerprint density at radius 1 is 1.19 bits per heavy atom. The van der Waals surface area contributed by atoms with Crippen LogP contribution in [-0.2, 0) is 4.79 Å². The summed E-state index contributed by atoms with van der Waals surface area (Å²) in [6.07, 6.45) is 0. The normalized spacial score (nSPS) is 11.0. The van der Waals surface area contributed by atoms with Gasteiger partial charge in [-0.25, -0.2) is 4.98 Å². The van der Waals surface area contributed by atoms with E-state index in [1.54, 1.807) is 49.4 Å². The summed E-state index contributed by atoms with van der Waals surface area (Å²) >= 11 is 0. The van der Waals surface area contributed by atoms with Crippen LogP contribution in [0.5, 0.6) is 17.2 Å². The molecular formula is C19H16N2O5. The van der Waals surface area contributed by atoms with Crippen molar-refractivity contribution < 1.29 is 25.9 Å². The number of benzene rings is 2. The van der Waals surface area contributed by atoms with Gasteiger partial charge >= 0.3 is 5.97 Å². The standard InChI is InChI=1S/C19H16N2O5/c1-11-15-9-13(26-12-5-3-2-4-6-12)7-8-14(15)18(24)17(21-11)19(25)20-10-16(22)23/h2-9,24H,10H2,1H3,(H,20,25)(H,22,23)/i3D. The Balaban J connectivity index is 1.96. The van der Waals surface area contributed by atoms with Crippen LogP contribution < -0.4 is 10.1 Å². The van der Waals surface area contributed by atoms with E-state index < -0.39 is 18.4 Å². The van der Waals surface area contributed by atoms with Crippen LogP contribution in [0.3, 0.4) is 0 Å². The maximum Gasteiger partial charge on any atom is 0.322 e. The highest BCUT2D eigenvalue weighted by Crippen LogP contribution is 2.33. The van der Waals surface area contributed by atoms with E-state index >= 15 is 0 Å². The summed E-state index contributed by atoms with van der Waals surface area (Å²) in [4.78, 5) is 26.8. The number of hydrogen-bond acceptors (Lipinski definition) is 5. The van der Waals surface area contributed by atoms with Gasteiger partial charge < -0.3 is 20.3 Å². The second kappa shape index (κ2) is 7.10. The highest BCUT2D eigenvalue weighted by Gasteiger charge is 2.18. The fourth-order valence-corrected chi connectivity index (χ4v) is 2.48. The first-order valence-corrected chi connectivity index (χ1v) is 7.73. The molecule has 0 radical (unpaired) electrons. The topological polar surface area (TPSA) is 109 Å². The number of carbonyl (C=O) groups excluding carboxylic acids is 1. The van der Waals surface area contributed by atoms with E-state index in [2.05, 4.69) is 10.3 Å². The van der Waals surface area contributed by atoms with Gasteiger partial charge in [-0.3, -0.25) is 9.59 Å². The maximum absolute atomic E-state index is 12.1. The number of carbonyl (C=O) groups is 2. The van der Waals surface area contributed by atoms with Gasteiger partial charge in [0.15, 0.2) is 11.4 Å². The maximum atomic E-state index is 12.1. The average molecular weight is 353 g/mol. The van der Waals surface area contributed by atoms with E-state index in [1.165, 1.54) is 0 Å². The Kier molecular flexibility index (Phi) is 4.34.